The lowest BCUT2D eigenvalue weighted by Crippen LogP contribution is -2.20. The van der Waals surface area contributed by atoms with Gasteiger partial charge >= 0.3 is 0 Å². The summed E-state index contributed by atoms with van der Waals surface area (Å²) in [7, 11) is 1.60. The lowest BCUT2D eigenvalue weighted by Gasteiger charge is -2.12. The lowest BCUT2D eigenvalue weighted by molar-refractivity contribution is 0.0960. The zero-order valence-electron chi connectivity index (χ0n) is 15.6. The van der Waals surface area contributed by atoms with Gasteiger partial charge in [0.05, 0.1) is 0 Å². The lowest BCUT2D eigenvalue weighted by atomic mass is 9.95. The molecule has 27 heavy (non-hydrogen) atoms. The Morgan fingerprint density at radius 2 is 1.85 bits per heavy atom. The molecule has 3 N–H and O–H groups in total. The molecule has 5 nitrogen and oxygen atoms in total. The van der Waals surface area contributed by atoms with E-state index < -0.39 is 0 Å². The van der Waals surface area contributed by atoms with Gasteiger partial charge in [-0.25, -0.2) is 0 Å². The number of nitrogens with one attached hydrogen (secondary N) is 3. The highest BCUT2D eigenvalue weighted by Gasteiger charge is 2.18. The molecule has 2 aromatic carbocycles. The molecule has 0 saturated carbocycles. The number of carbonyl (C=O) groups is 2. The van der Waals surface area contributed by atoms with E-state index in [1.807, 2.05) is 31.2 Å². The number of amides is 2. The van der Waals surface area contributed by atoms with Gasteiger partial charge in [-0.15, -0.1) is 0 Å². The summed E-state index contributed by atoms with van der Waals surface area (Å²) in [6.07, 6.45) is 4.56. The summed E-state index contributed by atoms with van der Waals surface area (Å²) in [5, 5.41) is 6.73. The molecule has 3 aromatic rings. The number of aryl methyl sites for hydroxylation is 2. The smallest absolute Gasteiger partial charge is 0.255 e. The molecule has 2 amide bonds. The number of aromatic amines is 1. The highest BCUT2D eigenvalue weighted by Crippen LogP contribution is 2.30. The molecule has 138 valence electrons. The predicted octanol–water partition coefficient (Wildman–Crippen LogP) is 3.97. The van der Waals surface area contributed by atoms with Crippen LogP contribution in [-0.4, -0.2) is 23.8 Å². The number of aromatic nitrogens is 1. The first-order chi connectivity index (χ1) is 13.1. The first kappa shape index (κ1) is 17.3. The number of benzene rings is 2. The molecule has 1 aliphatic carbocycles. The average molecular weight is 361 g/mol. The van der Waals surface area contributed by atoms with E-state index >= 15 is 0 Å². The molecule has 0 bridgehead atoms. The molecule has 0 saturated heterocycles. The van der Waals surface area contributed by atoms with Crippen molar-refractivity contribution in [3.8, 4) is 0 Å². The molecule has 5 heteroatoms. The summed E-state index contributed by atoms with van der Waals surface area (Å²) in [6.45, 7) is 1.84. The van der Waals surface area contributed by atoms with Crippen LogP contribution in [0.15, 0.2) is 36.4 Å². The Morgan fingerprint density at radius 1 is 1.04 bits per heavy atom. The van der Waals surface area contributed by atoms with Crippen molar-refractivity contribution in [2.24, 2.45) is 0 Å². The van der Waals surface area contributed by atoms with Gasteiger partial charge in [0.25, 0.3) is 11.8 Å². The summed E-state index contributed by atoms with van der Waals surface area (Å²) in [6, 6.07) is 11.1. The highest BCUT2D eigenvalue weighted by atomic mass is 16.2. The topological polar surface area (TPSA) is 74.0 Å². The summed E-state index contributed by atoms with van der Waals surface area (Å²) in [5.74, 6) is -0.330. The minimum atomic E-state index is -0.167. The van der Waals surface area contributed by atoms with Crippen molar-refractivity contribution in [1.29, 1.82) is 0 Å². The van der Waals surface area contributed by atoms with Gasteiger partial charge in [0.1, 0.15) is 0 Å². The molecular formula is C22H23N3O2. The van der Waals surface area contributed by atoms with Gasteiger partial charge in [-0.1, -0.05) is 6.07 Å². The maximum atomic E-state index is 12.8. The van der Waals surface area contributed by atoms with E-state index in [1.165, 1.54) is 24.1 Å². The van der Waals surface area contributed by atoms with Gasteiger partial charge in [0.15, 0.2) is 0 Å². The van der Waals surface area contributed by atoms with E-state index in [2.05, 4.69) is 15.6 Å². The SMILES string of the molecule is CNC(=O)c1cccc(NC(=O)c2ccc3[nH]c4c(c3c2)CCCC4)c1C. The molecule has 1 heterocycles. The van der Waals surface area contributed by atoms with Crippen molar-refractivity contribution in [3.05, 3.63) is 64.3 Å². The first-order valence-corrected chi connectivity index (χ1v) is 9.35. The third-order valence-electron chi connectivity index (χ3n) is 5.41. The summed E-state index contributed by atoms with van der Waals surface area (Å²) in [5.41, 5.74) is 6.34. The minimum absolute atomic E-state index is 0.163. The third kappa shape index (κ3) is 3.10. The van der Waals surface area contributed by atoms with E-state index in [0.717, 1.165) is 29.3 Å². The number of H-pyrrole nitrogens is 1. The van der Waals surface area contributed by atoms with Crippen LogP contribution in [0.3, 0.4) is 0 Å². The van der Waals surface area contributed by atoms with Crippen LogP contribution in [0, 0.1) is 6.92 Å². The molecule has 0 radical (unpaired) electrons. The van der Waals surface area contributed by atoms with Gasteiger partial charge in [0.2, 0.25) is 0 Å². The van der Waals surface area contributed by atoms with Crippen molar-refractivity contribution in [1.82, 2.24) is 10.3 Å². The standard InChI is InChI=1S/C22H23N3O2/c1-13-15(22(27)23-2)7-5-9-18(13)25-21(26)14-10-11-20-17(12-14)16-6-3-4-8-19(16)24-20/h5,7,9-12,24H,3-4,6,8H2,1-2H3,(H,23,27)(H,25,26). The fraction of sp³-hybridized carbons (Fsp3) is 0.273. The number of hydrogen-bond acceptors (Lipinski definition) is 2. The second-order valence-electron chi connectivity index (χ2n) is 7.06. The normalized spacial score (nSPS) is 13.3. The predicted molar refractivity (Wildman–Crippen MR) is 107 cm³/mol. The Morgan fingerprint density at radius 3 is 2.67 bits per heavy atom. The first-order valence-electron chi connectivity index (χ1n) is 9.35. The number of anilines is 1. The van der Waals surface area contributed by atoms with Gasteiger partial charge in [-0.05, 0) is 74.1 Å². The zero-order chi connectivity index (χ0) is 19.0. The summed E-state index contributed by atoms with van der Waals surface area (Å²) >= 11 is 0. The van der Waals surface area contributed by atoms with Crippen molar-refractivity contribution in [2.45, 2.75) is 32.6 Å². The molecule has 1 aliphatic rings. The fourth-order valence-corrected chi connectivity index (χ4v) is 3.89. The van der Waals surface area contributed by atoms with Crippen LogP contribution in [0.4, 0.5) is 5.69 Å². The number of hydrogen-bond donors (Lipinski definition) is 3. The van der Waals surface area contributed by atoms with Crippen LogP contribution in [0.1, 0.15) is 50.4 Å². The third-order valence-corrected chi connectivity index (χ3v) is 5.41. The summed E-state index contributed by atoms with van der Waals surface area (Å²) < 4.78 is 0. The van der Waals surface area contributed by atoms with Gasteiger partial charge < -0.3 is 15.6 Å². The fourth-order valence-electron chi connectivity index (χ4n) is 3.89. The molecule has 4 rings (SSSR count). The quantitative estimate of drug-likeness (QED) is 0.660. The minimum Gasteiger partial charge on any atom is -0.358 e. The second kappa shape index (κ2) is 6.91. The summed E-state index contributed by atoms with van der Waals surface area (Å²) in [4.78, 5) is 28.3. The van der Waals surface area contributed by atoms with Crippen LogP contribution in [0.25, 0.3) is 10.9 Å². The number of fused-ring (bicyclic) bond motifs is 3. The monoisotopic (exact) mass is 361 g/mol. The van der Waals surface area contributed by atoms with Crippen molar-refractivity contribution in [3.63, 3.8) is 0 Å². The van der Waals surface area contributed by atoms with E-state index in [4.69, 9.17) is 0 Å². The number of carbonyl (C=O) groups excluding carboxylic acids is 2. The zero-order valence-corrected chi connectivity index (χ0v) is 15.6. The van der Waals surface area contributed by atoms with Gasteiger partial charge in [-0.3, -0.25) is 9.59 Å². The second-order valence-corrected chi connectivity index (χ2v) is 7.06. The van der Waals surface area contributed by atoms with E-state index in [1.54, 1.807) is 19.2 Å². The van der Waals surface area contributed by atoms with Crippen LogP contribution >= 0.6 is 0 Å². The Labute approximate surface area is 158 Å². The van der Waals surface area contributed by atoms with Crippen LogP contribution in [0.2, 0.25) is 0 Å². The Hall–Kier alpha value is -3.08. The van der Waals surface area contributed by atoms with Crippen molar-refractivity contribution >= 4 is 28.4 Å². The number of rotatable bonds is 3. The Balaban J connectivity index is 1.65. The molecule has 0 spiro atoms. The largest absolute Gasteiger partial charge is 0.358 e. The molecule has 0 aliphatic heterocycles. The van der Waals surface area contributed by atoms with Gasteiger partial charge in [-0.2, -0.15) is 0 Å². The van der Waals surface area contributed by atoms with Gasteiger partial charge in [0, 0.05) is 40.5 Å². The van der Waals surface area contributed by atoms with E-state index in [-0.39, 0.29) is 11.8 Å². The van der Waals surface area contributed by atoms with E-state index in [0.29, 0.717) is 16.8 Å². The van der Waals surface area contributed by atoms with E-state index in [9.17, 15) is 9.59 Å². The Bertz CT molecular complexity index is 1050. The van der Waals surface area contributed by atoms with Crippen LogP contribution in [-0.2, 0) is 12.8 Å². The highest BCUT2D eigenvalue weighted by molar-refractivity contribution is 6.08. The van der Waals surface area contributed by atoms with Crippen LogP contribution < -0.4 is 10.6 Å². The Kier molecular flexibility index (Phi) is 4.44. The maximum Gasteiger partial charge on any atom is 0.255 e. The molecule has 1 aromatic heterocycles. The van der Waals surface area contributed by atoms with Crippen molar-refractivity contribution < 1.29 is 9.59 Å². The maximum absolute atomic E-state index is 12.8. The molecule has 0 atom stereocenters. The van der Waals surface area contributed by atoms with Crippen molar-refractivity contribution in [2.75, 3.05) is 12.4 Å². The molecule has 0 fully saturated rings. The average Bonchev–Trinajstić information content (AvgIpc) is 3.06. The molecule has 0 unspecified atom stereocenters. The molecular weight excluding hydrogens is 338 g/mol. The van der Waals surface area contributed by atoms with Crippen LogP contribution in [0.5, 0.6) is 0 Å².